The zero-order chi connectivity index (χ0) is 13.5. The Labute approximate surface area is 110 Å². The maximum absolute atomic E-state index is 11.7. The van der Waals surface area contributed by atoms with Crippen molar-refractivity contribution in [2.75, 3.05) is 26.2 Å². The number of hydrogen-bond donors (Lipinski definition) is 1. The Morgan fingerprint density at radius 3 is 2.83 bits per heavy atom. The summed E-state index contributed by atoms with van der Waals surface area (Å²) < 4.78 is 0. The molecule has 0 aromatic rings. The van der Waals surface area contributed by atoms with Gasteiger partial charge in [0.15, 0.2) is 0 Å². The third kappa shape index (κ3) is 5.17. The standard InChI is InChI=1S/C14H26N2O2/c1-4-12-9-16(8-6-13(12)17)10-14(18)15-7-5-11(2)3/h11-12H,4-10H2,1-3H3,(H,15,18). The van der Waals surface area contributed by atoms with E-state index in [-0.39, 0.29) is 11.8 Å². The molecule has 4 heteroatoms. The average Bonchev–Trinajstić information content (AvgIpc) is 2.31. The third-order valence-corrected chi connectivity index (χ3v) is 3.51. The second-order valence-electron chi connectivity index (χ2n) is 5.59. The fourth-order valence-corrected chi connectivity index (χ4v) is 2.24. The van der Waals surface area contributed by atoms with Gasteiger partial charge in [-0.1, -0.05) is 20.8 Å². The van der Waals surface area contributed by atoms with Crippen LogP contribution in [0.4, 0.5) is 0 Å². The summed E-state index contributed by atoms with van der Waals surface area (Å²) in [4.78, 5) is 25.4. The van der Waals surface area contributed by atoms with Crippen LogP contribution in [0.5, 0.6) is 0 Å². The maximum Gasteiger partial charge on any atom is 0.234 e. The van der Waals surface area contributed by atoms with E-state index < -0.39 is 0 Å². The van der Waals surface area contributed by atoms with Crippen LogP contribution in [0.3, 0.4) is 0 Å². The van der Waals surface area contributed by atoms with Gasteiger partial charge in [0, 0.05) is 32.0 Å². The molecule has 0 bridgehead atoms. The summed E-state index contributed by atoms with van der Waals surface area (Å²) in [7, 11) is 0. The number of rotatable bonds is 6. The van der Waals surface area contributed by atoms with Gasteiger partial charge in [-0.15, -0.1) is 0 Å². The van der Waals surface area contributed by atoms with Gasteiger partial charge in [-0.2, -0.15) is 0 Å². The maximum atomic E-state index is 11.7. The van der Waals surface area contributed by atoms with Gasteiger partial charge in [-0.05, 0) is 18.8 Å². The van der Waals surface area contributed by atoms with Crippen molar-refractivity contribution in [2.24, 2.45) is 11.8 Å². The van der Waals surface area contributed by atoms with Gasteiger partial charge in [0.05, 0.1) is 6.54 Å². The minimum absolute atomic E-state index is 0.0832. The summed E-state index contributed by atoms with van der Waals surface area (Å²) >= 11 is 0. The van der Waals surface area contributed by atoms with E-state index in [0.29, 0.717) is 24.7 Å². The zero-order valence-electron chi connectivity index (χ0n) is 11.9. The molecule has 0 aromatic heterocycles. The van der Waals surface area contributed by atoms with Crippen LogP contribution >= 0.6 is 0 Å². The van der Waals surface area contributed by atoms with E-state index in [0.717, 1.165) is 32.5 Å². The van der Waals surface area contributed by atoms with Crippen LogP contribution in [0, 0.1) is 11.8 Å². The molecule has 1 aliphatic rings. The lowest BCUT2D eigenvalue weighted by molar-refractivity contribution is -0.129. The lowest BCUT2D eigenvalue weighted by Crippen LogP contribution is -2.45. The van der Waals surface area contributed by atoms with Gasteiger partial charge in [0.2, 0.25) is 5.91 Å². The number of ketones is 1. The second-order valence-corrected chi connectivity index (χ2v) is 5.59. The highest BCUT2D eigenvalue weighted by Crippen LogP contribution is 2.15. The van der Waals surface area contributed by atoms with Gasteiger partial charge in [0.25, 0.3) is 0 Å². The van der Waals surface area contributed by atoms with E-state index in [1.165, 1.54) is 0 Å². The topological polar surface area (TPSA) is 49.4 Å². The smallest absolute Gasteiger partial charge is 0.234 e. The predicted molar refractivity (Wildman–Crippen MR) is 72.3 cm³/mol. The minimum Gasteiger partial charge on any atom is -0.355 e. The van der Waals surface area contributed by atoms with Crippen molar-refractivity contribution in [3.8, 4) is 0 Å². The molecule has 104 valence electrons. The lowest BCUT2D eigenvalue weighted by atomic mass is 9.94. The Morgan fingerprint density at radius 2 is 2.22 bits per heavy atom. The molecule has 1 N–H and O–H groups in total. The molecular weight excluding hydrogens is 228 g/mol. The van der Waals surface area contributed by atoms with Crippen LogP contribution in [0.25, 0.3) is 0 Å². The molecule has 1 saturated heterocycles. The Bertz CT molecular complexity index is 290. The van der Waals surface area contributed by atoms with E-state index in [9.17, 15) is 9.59 Å². The van der Waals surface area contributed by atoms with Gasteiger partial charge >= 0.3 is 0 Å². The van der Waals surface area contributed by atoms with Crippen LogP contribution in [-0.2, 0) is 9.59 Å². The Morgan fingerprint density at radius 1 is 1.50 bits per heavy atom. The van der Waals surface area contributed by atoms with E-state index in [2.05, 4.69) is 24.1 Å². The van der Waals surface area contributed by atoms with Gasteiger partial charge < -0.3 is 5.32 Å². The third-order valence-electron chi connectivity index (χ3n) is 3.51. The average molecular weight is 254 g/mol. The van der Waals surface area contributed by atoms with Gasteiger partial charge in [-0.3, -0.25) is 14.5 Å². The highest BCUT2D eigenvalue weighted by molar-refractivity contribution is 5.83. The summed E-state index contributed by atoms with van der Waals surface area (Å²) in [5.74, 6) is 1.18. The molecule has 0 radical (unpaired) electrons. The summed E-state index contributed by atoms with van der Waals surface area (Å²) in [5.41, 5.74) is 0. The zero-order valence-corrected chi connectivity index (χ0v) is 11.9. The highest BCUT2D eigenvalue weighted by Gasteiger charge is 2.26. The molecule has 0 aliphatic carbocycles. The molecule has 0 saturated carbocycles. The highest BCUT2D eigenvalue weighted by atomic mass is 16.2. The molecule has 1 heterocycles. The number of carbonyl (C=O) groups excluding carboxylic acids is 2. The number of Topliss-reactive ketones (excluding diaryl/α,β-unsaturated/α-hetero) is 1. The number of nitrogens with one attached hydrogen (secondary N) is 1. The first-order valence-corrected chi connectivity index (χ1v) is 7.04. The van der Waals surface area contributed by atoms with Crippen molar-refractivity contribution in [1.82, 2.24) is 10.2 Å². The molecule has 0 aromatic carbocycles. The van der Waals surface area contributed by atoms with Crippen molar-refractivity contribution in [1.29, 1.82) is 0 Å². The number of amides is 1. The van der Waals surface area contributed by atoms with Crippen molar-refractivity contribution in [2.45, 2.75) is 40.0 Å². The fraction of sp³-hybridized carbons (Fsp3) is 0.857. The summed E-state index contributed by atoms with van der Waals surface area (Å²) in [6.45, 7) is 8.99. The van der Waals surface area contributed by atoms with Crippen LogP contribution in [-0.4, -0.2) is 42.8 Å². The first-order chi connectivity index (χ1) is 8.52. The molecule has 1 unspecified atom stereocenters. The fourth-order valence-electron chi connectivity index (χ4n) is 2.24. The molecule has 1 amide bonds. The van der Waals surface area contributed by atoms with Crippen LogP contribution in [0.1, 0.15) is 40.0 Å². The Balaban J connectivity index is 2.25. The van der Waals surface area contributed by atoms with Gasteiger partial charge in [0.1, 0.15) is 5.78 Å². The molecule has 4 nitrogen and oxygen atoms in total. The number of nitrogens with zero attached hydrogens (tertiary/aromatic N) is 1. The Kier molecular flexibility index (Phi) is 6.33. The monoisotopic (exact) mass is 254 g/mol. The van der Waals surface area contributed by atoms with Crippen molar-refractivity contribution in [3.63, 3.8) is 0 Å². The molecule has 1 rings (SSSR count). The predicted octanol–water partition coefficient (Wildman–Crippen LogP) is 1.45. The van der Waals surface area contributed by atoms with E-state index in [1.807, 2.05) is 6.92 Å². The quantitative estimate of drug-likeness (QED) is 0.780. The number of hydrogen-bond acceptors (Lipinski definition) is 3. The summed E-state index contributed by atoms with van der Waals surface area (Å²) in [6, 6.07) is 0. The molecule has 0 spiro atoms. The van der Waals surface area contributed by atoms with Crippen LogP contribution in [0.2, 0.25) is 0 Å². The van der Waals surface area contributed by atoms with Crippen LogP contribution in [0.15, 0.2) is 0 Å². The van der Waals surface area contributed by atoms with E-state index in [1.54, 1.807) is 0 Å². The minimum atomic E-state index is 0.0832. The number of piperidine rings is 1. The summed E-state index contributed by atoms with van der Waals surface area (Å²) in [6.07, 6.45) is 2.49. The molecule has 1 atom stereocenters. The number of carbonyl (C=O) groups is 2. The summed E-state index contributed by atoms with van der Waals surface area (Å²) in [5, 5.41) is 2.94. The van der Waals surface area contributed by atoms with Gasteiger partial charge in [-0.25, -0.2) is 0 Å². The van der Waals surface area contributed by atoms with E-state index in [4.69, 9.17) is 0 Å². The normalized spacial score (nSPS) is 21.3. The second kappa shape index (κ2) is 7.52. The van der Waals surface area contributed by atoms with Crippen LogP contribution < -0.4 is 5.32 Å². The van der Waals surface area contributed by atoms with Crippen molar-refractivity contribution in [3.05, 3.63) is 0 Å². The first kappa shape index (κ1) is 15.2. The molecule has 1 fully saturated rings. The SMILES string of the molecule is CCC1CN(CC(=O)NCCC(C)C)CCC1=O. The lowest BCUT2D eigenvalue weighted by Gasteiger charge is -2.30. The molecular formula is C14H26N2O2. The first-order valence-electron chi connectivity index (χ1n) is 7.04. The molecule has 1 aliphatic heterocycles. The van der Waals surface area contributed by atoms with Crippen molar-refractivity contribution < 1.29 is 9.59 Å². The largest absolute Gasteiger partial charge is 0.355 e. The van der Waals surface area contributed by atoms with E-state index >= 15 is 0 Å². The number of likely N-dealkylation sites (tertiary alicyclic amines) is 1. The molecule has 18 heavy (non-hydrogen) atoms. The van der Waals surface area contributed by atoms with Crippen molar-refractivity contribution >= 4 is 11.7 Å². The Hall–Kier alpha value is -0.900.